The summed E-state index contributed by atoms with van der Waals surface area (Å²) in [5, 5.41) is 10.00. The van der Waals surface area contributed by atoms with E-state index in [-0.39, 0.29) is 6.04 Å². The van der Waals surface area contributed by atoms with Crippen molar-refractivity contribution in [1.29, 1.82) is 0 Å². The third-order valence-electron chi connectivity index (χ3n) is 3.57. The lowest BCUT2D eigenvalue weighted by atomic mass is 10.1. The Labute approximate surface area is 130 Å². The highest BCUT2D eigenvalue weighted by Crippen LogP contribution is 2.42. The van der Waals surface area contributed by atoms with Crippen LogP contribution < -0.4 is 0 Å². The van der Waals surface area contributed by atoms with Crippen molar-refractivity contribution in [2.75, 3.05) is 0 Å². The van der Waals surface area contributed by atoms with Gasteiger partial charge in [0.2, 0.25) is 0 Å². The number of aromatic carboxylic acids is 1. The van der Waals surface area contributed by atoms with Gasteiger partial charge >= 0.3 is 5.97 Å². The maximum Gasteiger partial charge on any atom is 0.352 e. The van der Waals surface area contributed by atoms with E-state index in [1.54, 1.807) is 6.07 Å². The number of hydrogen-bond donors (Lipinski definition) is 1. The fourth-order valence-corrected chi connectivity index (χ4v) is 3.24. The molecule has 0 unspecified atom stereocenters. The molecule has 0 bridgehead atoms. The smallest absolute Gasteiger partial charge is 0.352 e. The molecule has 1 aliphatic carbocycles. The summed E-state index contributed by atoms with van der Waals surface area (Å²) in [4.78, 5) is 11.3. The molecule has 0 spiro atoms. The first kappa shape index (κ1) is 13.7. The molecule has 1 aliphatic rings. The van der Waals surface area contributed by atoms with Crippen LogP contribution in [0.25, 0.3) is 11.3 Å². The molecule has 1 saturated carbocycles. The molecule has 2 aromatic rings. The van der Waals surface area contributed by atoms with Gasteiger partial charge in [0, 0.05) is 21.1 Å². The van der Waals surface area contributed by atoms with Crippen molar-refractivity contribution in [3.8, 4) is 11.3 Å². The van der Waals surface area contributed by atoms with Crippen molar-refractivity contribution in [2.45, 2.75) is 25.8 Å². The summed E-state index contributed by atoms with van der Waals surface area (Å²) >= 11 is 9.75. The van der Waals surface area contributed by atoms with Crippen molar-refractivity contribution in [3.05, 3.63) is 45.0 Å². The molecule has 1 aromatic heterocycles. The zero-order valence-electron chi connectivity index (χ0n) is 10.9. The fraction of sp³-hybridized carbons (Fsp3) is 0.267. The summed E-state index contributed by atoms with van der Waals surface area (Å²) in [5.41, 5.74) is 3.16. The minimum Gasteiger partial charge on any atom is -0.477 e. The fourth-order valence-electron chi connectivity index (χ4n) is 2.41. The predicted octanol–water partition coefficient (Wildman–Crippen LogP) is 4.91. The first-order valence-corrected chi connectivity index (χ1v) is 7.56. The summed E-state index contributed by atoms with van der Waals surface area (Å²) in [6, 6.07) is 7.66. The van der Waals surface area contributed by atoms with Gasteiger partial charge in [-0.05, 0) is 49.6 Å². The minimum atomic E-state index is -0.891. The van der Waals surface area contributed by atoms with Gasteiger partial charge in [-0.15, -0.1) is 0 Å². The van der Waals surface area contributed by atoms with Crippen LogP contribution in [0.15, 0.2) is 28.7 Å². The maximum atomic E-state index is 11.3. The van der Waals surface area contributed by atoms with Crippen molar-refractivity contribution < 1.29 is 9.90 Å². The number of carboxylic acids is 1. The standard InChI is InChI=1S/C15H13BrClNO2/c1-8-6-11(16)10(7-12(8)17)13-4-5-14(15(19)20)18(13)9-2-3-9/h4-7,9H,2-3H2,1H3,(H,19,20). The molecule has 5 heteroatoms. The first-order valence-electron chi connectivity index (χ1n) is 6.39. The van der Waals surface area contributed by atoms with Crippen LogP contribution in [0, 0.1) is 6.92 Å². The van der Waals surface area contributed by atoms with Crippen LogP contribution in [0.3, 0.4) is 0 Å². The van der Waals surface area contributed by atoms with Crippen LogP contribution in [-0.4, -0.2) is 15.6 Å². The van der Waals surface area contributed by atoms with Crippen LogP contribution in [0.1, 0.15) is 34.9 Å². The second-order valence-electron chi connectivity index (χ2n) is 5.09. The number of hydrogen-bond acceptors (Lipinski definition) is 1. The van der Waals surface area contributed by atoms with E-state index >= 15 is 0 Å². The lowest BCUT2D eigenvalue weighted by Crippen LogP contribution is -2.08. The molecular weight excluding hydrogens is 342 g/mol. The molecule has 3 rings (SSSR count). The van der Waals surface area contributed by atoms with Gasteiger partial charge in [0.15, 0.2) is 0 Å². The Morgan fingerprint density at radius 2 is 2.10 bits per heavy atom. The van der Waals surface area contributed by atoms with Gasteiger partial charge in [-0.2, -0.15) is 0 Å². The van der Waals surface area contributed by atoms with Crippen LogP contribution >= 0.6 is 27.5 Å². The molecule has 3 nitrogen and oxygen atoms in total. The lowest BCUT2D eigenvalue weighted by molar-refractivity contribution is 0.0685. The highest BCUT2D eigenvalue weighted by atomic mass is 79.9. The molecule has 1 aromatic carbocycles. The minimum absolute atomic E-state index is 0.290. The number of benzene rings is 1. The Kier molecular flexibility index (Phi) is 3.38. The molecule has 0 amide bonds. The molecule has 0 aliphatic heterocycles. The van der Waals surface area contributed by atoms with E-state index in [0.717, 1.165) is 34.1 Å². The summed E-state index contributed by atoms with van der Waals surface area (Å²) in [5.74, 6) is -0.891. The Balaban J connectivity index is 2.20. The third kappa shape index (κ3) is 2.27. The third-order valence-corrected chi connectivity index (χ3v) is 4.64. The van der Waals surface area contributed by atoms with Gasteiger partial charge in [0.1, 0.15) is 5.69 Å². The normalized spacial score (nSPS) is 14.6. The molecule has 1 N–H and O–H groups in total. The average Bonchev–Trinajstić information content (AvgIpc) is 3.12. The molecule has 0 atom stereocenters. The lowest BCUT2D eigenvalue weighted by Gasteiger charge is -2.13. The second-order valence-corrected chi connectivity index (χ2v) is 6.35. The van der Waals surface area contributed by atoms with Crippen molar-refractivity contribution in [2.24, 2.45) is 0 Å². The topological polar surface area (TPSA) is 42.2 Å². The number of rotatable bonds is 3. The number of nitrogens with zero attached hydrogens (tertiary/aromatic N) is 1. The largest absolute Gasteiger partial charge is 0.477 e. The molecule has 0 radical (unpaired) electrons. The zero-order valence-corrected chi connectivity index (χ0v) is 13.2. The monoisotopic (exact) mass is 353 g/mol. The van der Waals surface area contributed by atoms with E-state index in [2.05, 4.69) is 15.9 Å². The molecule has 1 heterocycles. The molecule has 104 valence electrons. The highest BCUT2D eigenvalue weighted by Gasteiger charge is 2.30. The summed E-state index contributed by atoms with van der Waals surface area (Å²) < 4.78 is 2.84. The van der Waals surface area contributed by atoms with E-state index < -0.39 is 5.97 Å². The van der Waals surface area contributed by atoms with Gasteiger partial charge in [0.05, 0.1) is 5.69 Å². The van der Waals surface area contributed by atoms with Crippen molar-refractivity contribution in [1.82, 2.24) is 4.57 Å². The van der Waals surface area contributed by atoms with Crippen molar-refractivity contribution in [3.63, 3.8) is 0 Å². The number of halogens is 2. The van der Waals surface area contributed by atoms with Gasteiger partial charge in [0.25, 0.3) is 0 Å². The molecule has 0 saturated heterocycles. The van der Waals surface area contributed by atoms with E-state index in [1.807, 2.05) is 29.7 Å². The second kappa shape index (κ2) is 4.93. The number of carbonyl (C=O) groups is 1. The van der Waals surface area contributed by atoms with Crippen LogP contribution in [-0.2, 0) is 0 Å². The van der Waals surface area contributed by atoms with Gasteiger partial charge < -0.3 is 9.67 Å². The Morgan fingerprint density at radius 1 is 1.40 bits per heavy atom. The first-order chi connectivity index (χ1) is 9.49. The van der Waals surface area contributed by atoms with E-state index in [1.165, 1.54) is 0 Å². The van der Waals surface area contributed by atoms with E-state index in [9.17, 15) is 9.90 Å². The molecule has 1 fully saturated rings. The van der Waals surface area contributed by atoms with E-state index in [0.29, 0.717) is 10.7 Å². The quantitative estimate of drug-likeness (QED) is 0.850. The van der Waals surface area contributed by atoms with Gasteiger partial charge in [-0.25, -0.2) is 4.79 Å². The summed E-state index contributed by atoms with van der Waals surface area (Å²) in [7, 11) is 0. The zero-order chi connectivity index (χ0) is 14.4. The van der Waals surface area contributed by atoms with Crippen LogP contribution in [0.4, 0.5) is 0 Å². The average molecular weight is 355 g/mol. The number of carboxylic acid groups (broad SMARTS) is 1. The Bertz CT molecular complexity index is 704. The van der Waals surface area contributed by atoms with Crippen molar-refractivity contribution >= 4 is 33.5 Å². The van der Waals surface area contributed by atoms with Gasteiger partial charge in [-0.1, -0.05) is 27.5 Å². The van der Waals surface area contributed by atoms with Crippen LogP contribution in [0.2, 0.25) is 5.02 Å². The summed E-state index contributed by atoms with van der Waals surface area (Å²) in [6.07, 6.45) is 2.05. The predicted molar refractivity (Wildman–Crippen MR) is 82.5 cm³/mol. The number of aromatic nitrogens is 1. The molecular formula is C15H13BrClNO2. The summed E-state index contributed by atoms with van der Waals surface area (Å²) in [6.45, 7) is 1.94. The Morgan fingerprint density at radius 3 is 2.70 bits per heavy atom. The maximum absolute atomic E-state index is 11.3. The van der Waals surface area contributed by atoms with Gasteiger partial charge in [-0.3, -0.25) is 0 Å². The van der Waals surface area contributed by atoms with E-state index in [4.69, 9.17) is 11.6 Å². The Hall–Kier alpha value is -1.26. The highest BCUT2D eigenvalue weighted by molar-refractivity contribution is 9.10. The SMILES string of the molecule is Cc1cc(Br)c(-c2ccc(C(=O)O)n2C2CC2)cc1Cl. The number of aryl methyl sites for hydroxylation is 1. The van der Waals surface area contributed by atoms with Crippen LogP contribution in [0.5, 0.6) is 0 Å². The molecule has 20 heavy (non-hydrogen) atoms.